The SMILES string of the molecule is CCc1ccc(OCCNC(=O)Nc2cccc(OC)c2)cc1. The van der Waals surface area contributed by atoms with Gasteiger partial charge >= 0.3 is 6.03 Å². The summed E-state index contributed by atoms with van der Waals surface area (Å²) >= 11 is 0. The average molecular weight is 314 g/mol. The summed E-state index contributed by atoms with van der Waals surface area (Å²) in [6.45, 7) is 2.95. The van der Waals surface area contributed by atoms with Gasteiger partial charge in [0.2, 0.25) is 0 Å². The molecule has 0 bridgehead atoms. The van der Waals surface area contributed by atoms with Gasteiger partial charge in [0, 0.05) is 11.8 Å². The first-order valence-electron chi connectivity index (χ1n) is 7.62. The number of hydrogen-bond donors (Lipinski definition) is 2. The van der Waals surface area contributed by atoms with Crippen LogP contribution in [0.3, 0.4) is 0 Å². The summed E-state index contributed by atoms with van der Waals surface area (Å²) in [5.41, 5.74) is 1.95. The third kappa shape index (κ3) is 5.54. The van der Waals surface area contributed by atoms with E-state index in [9.17, 15) is 4.79 Å². The van der Waals surface area contributed by atoms with Crippen molar-refractivity contribution in [2.75, 3.05) is 25.6 Å². The standard InChI is InChI=1S/C18H22N2O3/c1-3-14-7-9-16(10-8-14)23-12-11-19-18(21)20-15-5-4-6-17(13-15)22-2/h4-10,13H,3,11-12H2,1-2H3,(H2,19,20,21). The van der Waals surface area contributed by atoms with Crippen molar-refractivity contribution in [2.45, 2.75) is 13.3 Å². The molecule has 0 atom stereocenters. The van der Waals surface area contributed by atoms with Gasteiger partial charge < -0.3 is 20.1 Å². The van der Waals surface area contributed by atoms with Crippen LogP contribution < -0.4 is 20.1 Å². The molecule has 23 heavy (non-hydrogen) atoms. The number of carbonyl (C=O) groups is 1. The zero-order valence-corrected chi connectivity index (χ0v) is 13.5. The molecule has 2 N–H and O–H groups in total. The highest BCUT2D eigenvalue weighted by Gasteiger charge is 2.02. The molecule has 122 valence electrons. The van der Waals surface area contributed by atoms with Crippen LogP contribution in [0, 0.1) is 0 Å². The lowest BCUT2D eigenvalue weighted by Gasteiger charge is -2.10. The summed E-state index contributed by atoms with van der Waals surface area (Å²) in [5.74, 6) is 1.50. The Kier molecular flexibility index (Phi) is 6.29. The molecule has 0 aliphatic carbocycles. The third-order valence-electron chi connectivity index (χ3n) is 3.32. The van der Waals surface area contributed by atoms with Crippen LogP contribution in [0.5, 0.6) is 11.5 Å². The van der Waals surface area contributed by atoms with Crippen LogP contribution in [0.15, 0.2) is 48.5 Å². The molecule has 2 aromatic carbocycles. The van der Waals surface area contributed by atoms with Crippen molar-refractivity contribution in [1.82, 2.24) is 5.32 Å². The Balaban J connectivity index is 1.69. The Morgan fingerprint density at radius 1 is 1.09 bits per heavy atom. The number of aryl methyl sites for hydroxylation is 1. The van der Waals surface area contributed by atoms with Crippen molar-refractivity contribution >= 4 is 11.7 Å². The summed E-state index contributed by atoms with van der Waals surface area (Å²) in [6, 6.07) is 14.9. The number of urea groups is 1. The Morgan fingerprint density at radius 3 is 2.57 bits per heavy atom. The first kappa shape index (κ1) is 16.7. The molecule has 0 aliphatic heterocycles. The molecule has 0 aromatic heterocycles. The number of carbonyl (C=O) groups excluding carboxylic acids is 1. The quantitative estimate of drug-likeness (QED) is 0.770. The molecule has 0 spiro atoms. The van der Waals surface area contributed by atoms with Crippen LogP contribution in [0.4, 0.5) is 10.5 Å². The lowest BCUT2D eigenvalue weighted by Crippen LogP contribution is -2.32. The van der Waals surface area contributed by atoms with Gasteiger partial charge in [0.1, 0.15) is 18.1 Å². The maximum atomic E-state index is 11.8. The summed E-state index contributed by atoms with van der Waals surface area (Å²) < 4.78 is 10.7. The van der Waals surface area contributed by atoms with Gasteiger partial charge in [0.15, 0.2) is 0 Å². The van der Waals surface area contributed by atoms with Crippen LogP contribution in [0.25, 0.3) is 0 Å². The Morgan fingerprint density at radius 2 is 1.87 bits per heavy atom. The second-order valence-corrected chi connectivity index (χ2v) is 4.96. The highest BCUT2D eigenvalue weighted by molar-refractivity contribution is 5.89. The van der Waals surface area contributed by atoms with Crippen LogP contribution in [0.2, 0.25) is 0 Å². The van der Waals surface area contributed by atoms with Gasteiger partial charge in [-0.05, 0) is 36.2 Å². The van der Waals surface area contributed by atoms with Crippen molar-refractivity contribution in [3.8, 4) is 11.5 Å². The first-order chi connectivity index (χ1) is 11.2. The van der Waals surface area contributed by atoms with Gasteiger partial charge in [-0.2, -0.15) is 0 Å². The van der Waals surface area contributed by atoms with Gasteiger partial charge in [-0.3, -0.25) is 0 Å². The molecule has 2 amide bonds. The molecule has 0 fully saturated rings. The van der Waals surface area contributed by atoms with E-state index >= 15 is 0 Å². The summed E-state index contributed by atoms with van der Waals surface area (Å²) in [5, 5.41) is 5.49. The van der Waals surface area contributed by atoms with E-state index in [1.807, 2.05) is 36.4 Å². The van der Waals surface area contributed by atoms with Gasteiger partial charge in [-0.1, -0.05) is 25.1 Å². The van der Waals surface area contributed by atoms with E-state index in [-0.39, 0.29) is 6.03 Å². The summed E-state index contributed by atoms with van der Waals surface area (Å²) in [7, 11) is 1.59. The van der Waals surface area contributed by atoms with E-state index in [1.165, 1.54) is 5.56 Å². The summed E-state index contributed by atoms with van der Waals surface area (Å²) in [4.78, 5) is 11.8. The molecule has 2 rings (SSSR count). The molecule has 5 nitrogen and oxygen atoms in total. The van der Waals surface area contributed by atoms with Crippen molar-refractivity contribution < 1.29 is 14.3 Å². The number of ether oxygens (including phenoxy) is 2. The van der Waals surface area contributed by atoms with Crippen molar-refractivity contribution in [2.24, 2.45) is 0 Å². The van der Waals surface area contributed by atoms with Crippen molar-refractivity contribution in [3.05, 3.63) is 54.1 Å². The molecule has 0 radical (unpaired) electrons. The number of amides is 2. The fourth-order valence-corrected chi connectivity index (χ4v) is 2.03. The lowest BCUT2D eigenvalue weighted by atomic mass is 10.2. The van der Waals surface area contributed by atoms with Gasteiger partial charge in [-0.15, -0.1) is 0 Å². The lowest BCUT2D eigenvalue weighted by molar-refractivity contribution is 0.247. The molecule has 2 aromatic rings. The maximum absolute atomic E-state index is 11.8. The second-order valence-electron chi connectivity index (χ2n) is 4.96. The van der Waals surface area contributed by atoms with E-state index in [0.29, 0.717) is 24.6 Å². The molecule has 0 aliphatic rings. The van der Waals surface area contributed by atoms with Gasteiger partial charge in [0.05, 0.1) is 13.7 Å². The van der Waals surface area contributed by atoms with Crippen LogP contribution in [-0.4, -0.2) is 26.3 Å². The predicted octanol–water partition coefficient (Wildman–Crippen LogP) is 3.46. The molecular formula is C18H22N2O3. The van der Waals surface area contributed by atoms with Crippen molar-refractivity contribution in [1.29, 1.82) is 0 Å². The van der Waals surface area contributed by atoms with E-state index in [1.54, 1.807) is 19.2 Å². The number of hydrogen-bond acceptors (Lipinski definition) is 3. The maximum Gasteiger partial charge on any atom is 0.319 e. The van der Waals surface area contributed by atoms with Gasteiger partial charge in [-0.25, -0.2) is 4.79 Å². The zero-order valence-electron chi connectivity index (χ0n) is 13.5. The topological polar surface area (TPSA) is 59.6 Å². The number of nitrogens with one attached hydrogen (secondary N) is 2. The second kappa shape index (κ2) is 8.68. The highest BCUT2D eigenvalue weighted by atomic mass is 16.5. The number of rotatable bonds is 7. The minimum atomic E-state index is -0.275. The normalized spacial score (nSPS) is 10.0. The number of anilines is 1. The van der Waals surface area contributed by atoms with E-state index < -0.39 is 0 Å². The van der Waals surface area contributed by atoms with Crippen LogP contribution in [-0.2, 0) is 6.42 Å². The minimum absolute atomic E-state index is 0.275. The van der Waals surface area contributed by atoms with Gasteiger partial charge in [0.25, 0.3) is 0 Å². The Bertz CT molecular complexity index is 626. The minimum Gasteiger partial charge on any atom is -0.497 e. The molecule has 5 heteroatoms. The number of methoxy groups -OCH3 is 1. The first-order valence-corrected chi connectivity index (χ1v) is 7.62. The smallest absolute Gasteiger partial charge is 0.319 e. The molecule has 0 saturated carbocycles. The van der Waals surface area contributed by atoms with Crippen LogP contribution in [0.1, 0.15) is 12.5 Å². The molecule has 0 saturated heterocycles. The molecule has 0 heterocycles. The summed E-state index contributed by atoms with van der Waals surface area (Å²) in [6.07, 6.45) is 1.01. The fraction of sp³-hybridized carbons (Fsp3) is 0.278. The Labute approximate surface area is 136 Å². The third-order valence-corrected chi connectivity index (χ3v) is 3.32. The van der Waals surface area contributed by atoms with Crippen molar-refractivity contribution in [3.63, 3.8) is 0 Å². The fourth-order valence-electron chi connectivity index (χ4n) is 2.03. The largest absolute Gasteiger partial charge is 0.497 e. The van der Waals surface area contributed by atoms with E-state index in [0.717, 1.165) is 12.2 Å². The highest BCUT2D eigenvalue weighted by Crippen LogP contribution is 2.16. The molecular weight excluding hydrogens is 292 g/mol. The van der Waals surface area contributed by atoms with Crippen LogP contribution >= 0.6 is 0 Å². The van der Waals surface area contributed by atoms with E-state index in [4.69, 9.17) is 9.47 Å². The van der Waals surface area contributed by atoms with E-state index in [2.05, 4.69) is 17.6 Å². The monoisotopic (exact) mass is 314 g/mol. The average Bonchev–Trinajstić information content (AvgIpc) is 2.59. The predicted molar refractivity (Wildman–Crippen MR) is 91.3 cm³/mol. The Hall–Kier alpha value is -2.69. The molecule has 0 unspecified atom stereocenters. The number of benzene rings is 2. The zero-order chi connectivity index (χ0) is 16.5.